The first-order valence-electron chi connectivity index (χ1n) is 9.49. The highest BCUT2D eigenvalue weighted by Gasteiger charge is 2.62. The number of carbonyl (C=O) groups is 2. The predicted octanol–water partition coefficient (Wildman–Crippen LogP) is 2.79. The Morgan fingerprint density at radius 1 is 1.14 bits per heavy atom. The number of rotatable bonds is 4. The number of anilines is 1. The van der Waals surface area contributed by atoms with Gasteiger partial charge in [-0.1, -0.05) is 36.4 Å². The standard InChI is InChI=1S/C22H23FN2O3/c1-28-20-21(27)25(18-9-5-8-17(23)15-18)22(20)10-12-24(13-11-22)19(26)14-16-6-3-2-4-7-16/h2-9,15,20H,10-14H2,1H3. The summed E-state index contributed by atoms with van der Waals surface area (Å²) in [6.07, 6.45) is 1.03. The van der Waals surface area contributed by atoms with Crippen LogP contribution in [-0.2, 0) is 20.7 Å². The molecule has 2 fully saturated rings. The molecule has 28 heavy (non-hydrogen) atoms. The van der Waals surface area contributed by atoms with Crippen molar-refractivity contribution >= 4 is 17.5 Å². The van der Waals surface area contributed by atoms with Crippen LogP contribution in [0, 0.1) is 5.82 Å². The van der Waals surface area contributed by atoms with Crippen LogP contribution in [0.3, 0.4) is 0 Å². The Kier molecular flexibility index (Phi) is 4.89. The van der Waals surface area contributed by atoms with Crippen molar-refractivity contribution in [3.8, 4) is 0 Å². The average Bonchev–Trinajstić information content (AvgIpc) is 2.69. The van der Waals surface area contributed by atoms with Gasteiger partial charge >= 0.3 is 0 Å². The van der Waals surface area contributed by atoms with Gasteiger partial charge in [0.15, 0.2) is 6.10 Å². The number of ether oxygens (including phenoxy) is 1. The molecule has 6 heteroatoms. The lowest BCUT2D eigenvalue weighted by molar-refractivity contribution is -0.152. The number of β-lactam (4-membered cyclic amide) rings is 1. The van der Waals surface area contributed by atoms with Gasteiger partial charge in [0, 0.05) is 25.9 Å². The van der Waals surface area contributed by atoms with Crippen LogP contribution in [0.2, 0.25) is 0 Å². The van der Waals surface area contributed by atoms with E-state index >= 15 is 0 Å². The van der Waals surface area contributed by atoms with Crippen molar-refractivity contribution in [1.29, 1.82) is 0 Å². The Hall–Kier alpha value is -2.73. The Balaban J connectivity index is 1.49. The molecule has 1 atom stereocenters. The molecule has 2 heterocycles. The number of carbonyl (C=O) groups excluding carboxylic acids is 2. The quantitative estimate of drug-likeness (QED) is 0.764. The van der Waals surface area contributed by atoms with Crippen molar-refractivity contribution in [3.63, 3.8) is 0 Å². The number of piperidine rings is 1. The van der Waals surface area contributed by atoms with Crippen LogP contribution in [0.25, 0.3) is 0 Å². The van der Waals surface area contributed by atoms with Crippen LogP contribution in [-0.4, -0.2) is 48.6 Å². The van der Waals surface area contributed by atoms with Crippen molar-refractivity contribution < 1.29 is 18.7 Å². The average molecular weight is 382 g/mol. The molecular formula is C22H23FN2O3. The van der Waals surface area contributed by atoms with Crippen molar-refractivity contribution in [1.82, 2.24) is 4.90 Å². The Labute approximate surface area is 163 Å². The fourth-order valence-corrected chi connectivity index (χ4v) is 4.45. The van der Waals surface area contributed by atoms with E-state index in [-0.39, 0.29) is 17.6 Å². The maximum Gasteiger partial charge on any atom is 0.259 e. The van der Waals surface area contributed by atoms with Crippen LogP contribution in [0.1, 0.15) is 18.4 Å². The molecule has 0 aromatic heterocycles. The van der Waals surface area contributed by atoms with Gasteiger partial charge in [-0.05, 0) is 36.6 Å². The van der Waals surface area contributed by atoms with Crippen LogP contribution in [0.5, 0.6) is 0 Å². The molecule has 2 aromatic carbocycles. The van der Waals surface area contributed by atoms with Crippen LogP contribution >= 0.6 is 0 Å². The highest BCUT2D eigenvalue weighted by molar-refractivity contribution is 6.07. The van der Waals surface area contributed by atoms with Gasteiger partial charge in [-0.15, -0.1) is 0 Å². The maximum absolute atomic E-state index is 13.7. The molecule has 0 N–H and O–H groups in total. The molecule has 2 saturated heterocycles. The summed E-state index contributed by atoms with van der Waals surface area (Å²) in [6, 6.07) is 15.7. The number of hydrogen-bond acceptors (Lipinski definition) is 3. The molecule has 0 radical (unpaired) electrons. The van der Waals surface area contributed by atoms with Crippen LogP contribution < -0.4 is 4.90 Å². The van der Waals surface area contributed by atoms with E-state index in [4.69, 9.17) is 4.74 Å². The first-order chi connectivity index (χ1) is 13.5. The Bertz CT molecular complexity index is 878. The number of likely N-dealkylation sites (tertiary alicyclic amines) is 1. The summed E-state index contributed by atoms with van der Waals surface area (Å²) in [7, 11) is 1.53. The van der Waals surface area contributed by atoms with E-state index in [1.165, 1.54) is 19.2 Å². The third-order valence-electron chi connectivity index (χ3n) is 5.86. The number of methoxy groups -OCH3 is 1. The number of benzene rings is 2. The lowest BCUT2D eigenvalue weighted by Crippen LogP contribution is -2.78. The van der Waals surface area contributed by atoms with E-state index < -0.39 is 11.6 Å². The van der Waals surface area contributed by atoms with Gasteiger partial charge in [-0.3, -0.25) is 9.59 Å². The topological polar surface area (TPSA) is 49.9 Å². The van der Waals surface area contributed by atoms with Gasteiger partial charge in [0.1, 0.15) is 5.82 Å². The number of amides is 2. The number of hydrogen-bond donors (Lipinski definition) is 0. The van der Waals surface area contributed by atoms with Crippen LogP contribution in [0.15, 0.2) is 54.6 Å². The molecule has 146 valence electrons. The summed E-state index contributed by atoms with van der Waals surface area (Å²) in [6.45, 7) is 1.09. The van der Waals surface area contributed by atoms with E-state index in [1.54, 1.807) is 17.0 Å². The first-order valence-corrected chi connectivity index (χ1v) is 9.49. The largest absolute Gasteiger partial charge is 0.369 e. The van der Waals surface area contributed by atoms with E-state index in [0.29, 0.717) is 38.0 Å². The third kappa shape index (κ3) is 3.07. The summed E-state index contributed by atoms with van der Waals surface area (Å²) in [5.74, 6) is -0.452. The fraction of sp³-hybridized carbons (Fsp3) is 0.364. The summed E-state index contributed by atoms with van der Waals surface area (Å²) in [5.41, 5.74) is 1.01. The van der Waals surface area contributed by atoms with Crippen LogP contribution in [0.4, 0.5) is 10.1 Å². The molecule has 0 aliphatic carbocycles. The van der Waals surface area contributed by atoms with E-state index in [2.05, 4.69) is 0 Å². The van der Waals surface area contributed by atoms with E-state index in [9.17, 15) is 14.0 Å². The fourth-order valence-electron chi connectivity index (χ4n) is 4.45. The summed E-state index contributed by atoms with van der Waals surface area (Å²) in [5, 5.41) is 0. The highest BCUT2D eigenvalue weighted by atomic mass is 19.1. The molecular weight excluding hydrogens is 359 g/mol. The minimum Gasteiger partial charge on any atom is -0.369 e. The first kappa shape index (κ1) is 18.6. The zero-order chi connectivity index (χ0) is 19.7. The zero-order valence-corrected chi connectivity index (χ0v) is 15.8. The Morgan fingerprint density at radius 3 is 2.50 bits per heavy atom. The molecule has 2 aromatic rings. The molecule has 1 spiro atoms. The molecule has 0 saturated carbocycles. The van der Waals surface area contributed by atoms with Gasteiger partial charge in [0.2, 0.25) is 5.91 Å². The maximum atomic E-state index is 13.7. The zero-order valence-electron chi connectivity index (χ0n) is 15.8. The van der Waals surface area contributed by atoms with Crippen molar-refractivity contribution in [2.45, 2.75) is 30.9 Å². The SMILES string of the molecule is COC1C(=O)N(c2cccc(F)c2)C12CCN(C(=O)Cc1ccccc1)CC2. The Morgan fingerprint density at radius 2 is 1.86 bits per heavy atom. The number of nitrogens with zero attached hydrogens (tertiary/aromatic N) is 2. The molecule has 4 rings (SSSR count). The second-order valence-electron chi connectivity index (χ2n) is 7.42. The number of halogens is 1. The summed E-state index contributed by atoms with van der Waals surface area (Å²) in [4.78, 5) is 28.8. The van der Waals surface area contributed by atoms with E-state index in [1.807, 2.05) is 35.2 Å². The minimum absolute atomic E-state index is 0.0815. The second kappa shape index (κ2) is 7.36. The van der Waals surface area contributed by atoms with Crippen molar-refractivity contribution in [2.24, 2.45) is 0 Å². The highest BCUT2D eigenvalue weighted by Crippen LogP contribution is 2.45. The summed E-state index contributed by atoms with van der Waals surface area (Å²) < 4.78 is 19.2. The second-order valence-corrected chi connectivity index (χ2v) is 7.42. The lowest BCUT2D eigenvalue weighted by Gasteiger charge is -2.59. The minimum atomic E-state index is -0.554. The van der Waals surface area contributed by atoms with E-state index in [0.717, 1.165) is 5.56 Å². The normalized spacial score (nSPS) is 20.9. The van der Waals surface area contributed by atoms with Gasteiger partial charge in [-0.2, -0.15) is 0 Å². The summed E-state index contributed by atoms with van der Waals surface area (Å²) >= 11 is 0. The van der Waals surface area contributed by atoms with Gasteiger partial charge in [-0.25, -0.2) is 4.39 Å². The monoisotopic (exact) mass is 382 g/mol. The molecule has 2 aliphatic heterocycles. The van der Waals surface area contributed by atoms with Gasteiger partial charge in [0.25, 0.3) is 5.91 Å². The smallest absolute Gasteiger partial charge is 0.259 e. The molecule has 5 nitrogen and oxygen atoms in total. The molecule has 2 amide bonds. The van der Waals surface area contributed by atoms with Crippen molar-refractivity contribution in [2.75, 3.05) is 25.1 Å². The van der Waals surface area contributed by atoms with Gasteiger partial charge < -0.3 is 14.5 Å². The predicted molar refractivity (Wildman–Crippen MR) is 103 cm³/mol. The van der Waals surface area contributed by atoms with Gasteiger partial charge in [0.05, 0.1) is 12.0 Å². The molecule has 0 bridgehead atoms. The third-order valence-corrected chi connectivity index (χ3v) is 5.86. The molecule has 1 unspecified atom stereocenters. The lowest BCUT2D eigenvalue weighted by atomic mass is 9.72. The van der Waals surface area contributed by atoms with Crippen molar-refractivity contribution in [3.05, 3.63) is 66.0 Å². The molecule has 2 aliphatic rings.